The Morgan fingerprint density at radius 3 is 2.71 bits per heavy atom. The smallest absolute Gasteiger partial charge is 0.397 e. The predicted molar refractivity (Wildman–Crippen MR) is 77.1 cm³/mol. The van der Waals surface area contributed by atoms with Crippen LogP contribution >= 0.6 is 0 Å². The number of nitrogens with two attached hydrogens (primary N) is 1. The van der Waals surface area contributed by atoms with Crippen LogP contribution in [0.4, 0.5) is 24.5 Å². The molecule has 0 bridgehead atoms. The number of nitrogen functional groups attached to an aromatic ring is 1. The molecule has 0 aromatic heterocycles. The third kappa shape index (κ3) is 3.10. The highest BCUT2D eigenvalue weighted by molar-refractivity contribution is 5.67. The molecule has 3 N–H and O–H groups in total. The Bertz CT molecular complexity index is 515. The molecule has 2 atom stereocenters. The van der Waals surface area contributed by atoms with Gasteiger partial charge in [-0.3, -0.25) is 0 Å². The average Bonchev–Trinajstić information content (AvgIpc) is 2.87. The second-order valence-electron chi connectivity index (χ2n) is 6.00. The van der Waals surface area contributed by atoms with Crippen LogP contribution in [0.25, 0.3) is 0 Å². The number of anilines is 2. The Kier molecular flexibility index (Phi) is 3.73. The van der Waals surface area contributed by atoms with E-state index in [0.29, 0.717) is 17.8 Å². The number of halogens is 3. The summed E-state index contributed by atoms with van der Waals surface area (Å²) in [7, 11) is 0. The van der Waals surface area contributed by atoms with Crippen molar-refractivity contribution in [2.24, 2.45) is 0 Å². The van der Waals surface area contributed by atoms with E-state index in [4.69, 9.17) is 5.73 Å². The molecule has 2 saturated heterocycles. The summed E-state index contributed by atoms with van der Waals surface area (Å²) in [5, 5.41) is 3.32. The topological polar surface area (TPSA) is 41.3 Å². The Morgan fingerprint density at radius 2 is 2.00 bits per heavy atom. The first-order chi connectivity index (χ1) is 9.93. The van der Waals surface area contributed by atoms with Gasteiger partial charge in [-0.25, -0.2) is 0 Å². The molecule has 2 fully saturated rings. The largest absolute Gasteiger partial charge is 0.416 e. The first kappa shape index (κ1) is 14.5. The van der Waals surface area contributed by atoms with E-state index < -0.39 is 11.7 Å². The molecule has 3 nitrogen and oxygen atoms in total. The van der Waals surface area contributed by atoms with Gasteiger partial charge in [0.25, 0.3) is 0 Å². The molecule has 2 heterocycles. The Labute approximate surface area is 122 Å². The van der Waals surface area contributed by atoms with Gasteiger partial charge in [-0.1, -0.05) is 0 Å². The molecule has 0 spiro atoms. The monoisotopic (exact) mass is 299 g/mol. The maximum Gasteiger partial charge on any atom is 0.416 e. The molecule has 0 aliphatic carbocycles. The van der Waals surface area contributed by atoms with Crippen molar-refractivity contribution in [3.05, 3.63) is 23.8 Å². The minimum absolute atomic E-state index is 0.165. The van der Waals surface area contributed by atoms with E-state index in [0.717, 1.165) is 31.5 Å². The minimum atomic E-state index is -4.35. The van der Waals surface area contributed by atoms with Crippen LogP contribution in [-0.2, 0) is 6.18 Å². The number of fused-ring (bicyclic) bond motifs is 1. The van der Waals surface area contributed by atoms with Gasteiger partial charge in [-0.05, 0) is 50.4 Å². The molecule has 0 saturated carbocycles. The van der Waals surface area contributed by atoms with Crippen molar-refractivity contribution >= 4 is 11.4 Å². The molecule has 2 unspecified atom stereocenters. The summed E-state index contributed by atoms with van der Waals surface area (Å²) in [4.78, 5) is 2.51. The number of nitrogens with zero attached hydrogens (tertiary/aromatic N) is 1. The number of nitrogens with one attached hydrogen (secondary N) is 1. The van der Waals surface area contributed by atoms with Crippen LogP contribution in [0.15, 0.2) is 18.2 Å². The summed E-state index contributed by atoms with van der Waals surface area (Å²) >= 11 is 0. The predicted octanol–water partition coefficient (Wildman–Crippen LogP) is 3.33. The van der Waals surface area contributed by atoms with Gasteiger partial charge in [0.2, 0.25) is 0 Å². The number of alkyl halides is 3. The second kappa shape index (κ2) is 5.40. The second-order valence-corrected chi connectivity index (χ2v) is 6.00. The maximum atomic E-state index is 12.6. The lowest BCUT2D eigenvalue weighted by atomic mass is 9.97. The van der Waals surface area contributed by atoms with Crippen molar-refractivity contribution in [1.82, 2.24) is 4.90 Å². The fourth-order valence-electron chi connectivity index (χ4n) is 3.45. The molecule has 0 radical (unpaired) electrons. The van der Waals surface area contributed by atoms with Crippen LogP contribution in [0.2, 0.25) is 0 Å². The average molecular weight is 299 g/mol. The number of hydrogen-bond donors (Lipinski definition) is 2. The normalized spacial score (nSPS) is 26.6. The van der Waals surface area contributed by atoms with Crippen molar-refractivity contribution in [3.8, 4) is 0 Å². The van der Waals surface area contributed by atoms with Gasteiger partial charge in [0.1, 0.15) is 0 Å². The number of piperidine rings is 1. The fraction of sp³-hybridized carbons (Fsp3) is 0.600. The number of rotatable bonds is 2. The van der Waals surface area contributed by atoms with Crippen LogP contribution in [0, 0.1) is 0 Å². The Hall–Kier alpha value is -1.43. The van der Waals surface area contributed by atoms with Crippen LogP contribution in [0.3, 0.4) is 0 Å². The quantitative estimate of drug-likeness (QED) is 0.823. The molecule has 1 aromatic carbocycles. The van der Waals surface area contributed by atoms with Crippen LogP contribution in [-0.4, -0.2) is 30.1 Å². The van der Waals surface area contributed by atoms with Gasteiger partial charge in [0.15, 0.2) is 0 Å². The van der Waals surface area contributed by atoms with Crippen molar-refractivity contribution in [3.63, 3.8) is 0 Å². The van der Waals surface area contributed by atoms with Crippen molar-refractivity contribution < 1.29 is 13.2 Å². The van der Waals surface area contributed by atoms with Gasteiger partial charge in [0, 0.05) is 18.6 Å². The summed E-state index contributed by atoms with van der Waals surface area (Å²) < 4.78 is 37.9. The SMILES string of the molecule is Nc1cc(C(F)(F)F)ccc1NC1CCN2CCCC2C1. The zero-order chi connectivity index (χ0) is 15.0. The summed E-state index contributed by atoms with van der Waals surface area (Å²) in [6.07, 6.45) is 0.180. The van der Waals surface area contributed by atoms with Crippen LogP contribution < -0.4 is 11.1 Å². The molecule has 1 aromatic rings. The van der Waals surface area contributed by atoms with Gasteiger partial charge >= 0.3 is 6.18 Å². The zero-order valence-electron chi connectivity index (χ0n) is 11.8. The molecule has 6 heteroatoms. The fourth-order valence-corrected chi connectivity index (χ4v) is 3.45. The molecule has 2 aliphatic rings. The lowest BCUT2D eigenvalue weighted by Crippen LogP contribution is -2.42. The Balaban J connectivity index is 1.68. The number of benzene rings is 1. The lowest BCUT2D eigenvalue weighted by molar-refractivity contribution is -0.137. The standard InChI is InChI=1S/C15H20F3N3/c16-15(17,18)10-3-4-14(13(19)8-10)20-11-5-7-21-6-1-2-12(21)9-11/h3-4,8,11-12,20H,1-2,5-7,9,19H2. The molecule has 3 rings (SSSR count). The Morgan fingerprint density at radius 1 is 1.19 bits per heavy atom. The summed E-state index contributed by atoms with van der Waals surface area (Å²) in [5.41, 5.74) is 5.85. The minimum Gasteiger partial charge on any atom is -0.397 e. The summed E-state index contributed by atoms with van der Waals surface area (Å²) in [6, 6.07) is 4.45. The van der Waals surface area contributed by atoms with Gasteiger partial charge in [0.05, 0.1) is 16.9 Å². The van der Waals surface area contributed by atoms with Gasteiger partial charge < -0.3 is 16.0 Å². The molecule has 2 aliphatic heterocycles. The summed E-state index contributed by atoms with van der Waals surface area (Å²) in [6.45, 7) is 2.24. The van der Waals surface area contributed by atoms with Gasteiger partial charge in [-0.15, -0.1) is 0 Å². The van der Waals surface area contributed by atoms with E-state index in [-0.39, 0.29) is 5.69 Å². The van der Waals surface area contributed by atoms with E-state index in [1.165, 1.54) is 25.5 Å². The van der Waals surface area contributed by atoms with Crippen LogP contribution in [0.1, 0.15) is 31.2 Å². The highest BCUT2D eigenvalue weighted by Crippen LogP contribution is 2.34. The zero-order valence-corrected chi connectivity index (χ0v) is 11.8. The molecule has 0 amide bonds. The van der Waals surface area contributed by atoms with E-state index in [1.807, 2.05) is 0 Å². The van der Waals surface area contributed by atoms with E-state index in [9.17, 15) is 13.2 Å². The molecular formula is C15H20F3N3. The molecular weight excluding hydrogens is 279 g/mol. The van der Waals surface area contributed by atoms with E-state index in [2.05, 4.69) is 10.2 Å². The lowest BCUT2D eigenvalue weighted by Gasteiger charge is -2.35. The first-order valence-corrected chi connectivity index (χ1v) is 7.41. The van der Waals surface area contributed by atoms with E-state index >= 15 is 0 Å². The highest BCUT2D eigenvalue weighted by atomic mass is 19.4. The maximum absolute atomic E-state index is 12.6. The molecule has 21 heavy (non-hydrogen) atoms. The van der Waals surface area contributed by atoms with E-state index in [1.54, 1.807) is 0 Å². The summed E-state index contributed by atoms with van der Waals surface area (Å²) in [5.74, 6) is 0. The first-order valence-electron chi connectivity index (χ1n) is 7.41. The van der Waals surface area contributed by atoms with Crippen molar-refractivity contribution in [2.75, 3.05) is 24.1 Å². The van der Waals surface area contributed by atoms with Gasteiger partial charge in [-0.2, -0.15) is 13.2 Å². The molecule has 116 valence electrons. The highest BCUT2D eigenvalue weighted by Gasteiger charge is 2.33. The van der Waals surface area contributed by atoms with Crippen molar-refractivity contribution in [1.29, 1.82) is 0 Å². The third-order valence-electron chi connectivity index (χ3n) is 4.56. The number of hydrogen-bond acceptors (Lipinski definition) is 3. The third-order valence-corrected chi connectivity index (χ3v) is 4.56. The van der Waals surface area contributed by atoms with Crippen LogP contribution in [0.5, 0.6) is 0 Å². The van der Waals surface area contributed by atoms with Crippen molar-refractivity contribution in [2.45, 2.75) is 43.9 Å².